The molecule has 1 aliphatic rings. The van der Waals surface area contributed by atoms with Crippen LogP contribution in [-0.4, -0.2) is 30.8 Å². The highest BCUT2D eigenvalue weighted by molar-refractivity contribution is 9.10. The number of nitriles is 1. The van der Waals surface area contributed by atoms with E-state index in [-0.39, 0.29) is 18.6 Å². The standard InChI is InChI=1S/C27H28BrN7O2/c1-33-24-23(25(36)35(27(33)37)15-18-9-3-2-8-17(18)14-29)34(16-19-10-4-5-11-20(19)28)26(32-24)31-22-13-7-6-12-21(22)30/h2-5,8-11,21-22H,6-7,12-13,15-16,30H2,1H3,(H,31,32)/t21-,22+/m1/s1. The van der Waals surface area contributed by atoms with E-state index in [4.69, 9.17) is 10.7 Å². The smallest absolute Gasteiger partial charge is 0.332 e. The Labute approximate surface area is 222 Å². The summed E-state index contributed by atoms with van der Waals surface area (Å²) in [7, 11) is 1.61. The molecule has 0 spiro atoms. The summed E-state index contributed by atoms with van der Waals surface area (Å²) in [6.07, 6.45) is 3.99. The van der Waals surface area contributed by atoms with Gasteiger partial charge in [-0.1, -0.05) is 65.2 Å². The minimum atomic E-state index is -0.489. The van der Waals surface area contributed by atoms with E-state index in [0.29, 0.717) is 34.8 Å². The van der Waals surface area contributed by atoms with Crippen molar-refractivity contribution in [2.24, 2.45) is 12.8 Å². The quantitative estimate of drug-likeness (QED) is 0.372. The molecule has 5 rings (SSSR count). The second kappa shape index (κ2) is 10.4. The lowest BCUT2D eigenvalue weighted by molar-refractivity contribution is 0.401. The summed E-state index contributed by atoms with van der Waals surface area (Å²) in [5, 5.41) is 13.0. The number of nitrogens with two attached hydrogens (primary N) is 1. The van der Waals surface area contributed by atoms with E-state index in [1.54, 1.807) is 31.3 Å². The fraction of sp³-hybridized carbons (Fsp3) is 0.333. The van der Waals surface area contributed by atoms with Gasteiger partial charge in [-0.2, -0.15) is 10.2 Å². The Hall–Kier alpha value is -3.68. The summed E-state index contributed by atoms with van der Waals surface area (Å²) in [5.74, 6) is 0.510. The van der Waals surface area contributed by atoms with Gasteiger partial charge in [0.25, 0.3) is 5.56 Å². The van der Waals surface area contributed by atoms with Gasteiger partial charge in [0.2, 0.25) is 5.95 Å². The van der Waals surface area contributed by atoms with Crippen LogP contribution in [0.3, 0.4) is 0 Å². The lowest BCUT2D eigenvalue weighted by Crippen LogP contribution is -2.43. The number of nitrogens with one attached hydrogen (secondary N) is 1. The van der Waals surface area contributed by atoms with Crippen molar-refractivity contribution in [2.75, 3.05) is 5.32 Å². The Morgan fingerprint density at radius 2 is 1.73 bits per heavy atom. The predicted octanol–water partition coefficient (Wildman–Crippen LogP) is 3.31. The second-order valence-electron chi connectivity index (χ2n) is 9.49. The lowest BCUT2D eigenvalue weighted by Gasteiger charge is -2.29. The number of benzene rings is 2. The maximum atomic E-state index is 13.9. The van der Waals surface area contributed by atoms with Crippen LogP contribution in [0.15, 0.2) is 62.6 Å². The molecule has 0 amide bonds. The Balaban J connectivity index is 1.70. The molecule has 2 aromatic carbocycles. The van der Waals surface area contributed by atoms with Crippen molar-refractivity contribution in [3.8, 4) is 6.07 Å². The van der Waals surface area contributed by atoms with E-state index in [2.05, 4.69) is 27.3 Å². The number of fused-ring (bicyclic) bond motifs is 1. The van der Waals surface area contributed by atoms with Gasteiger partial charge >= 0.3 is 5.69 Å². The highest BCUT2D eigenvalue weighted by Gasteiger charge is 2.26. The highest BCUT2D eigenvalue weighted by atomic mass is 79.9. The average Bonchev–Trinajstić information content (AvgIpc) is 3.26. The summed E-state index contributed by atoms with van der Waals surface area (Å²) in [6, 6.07) is 16.9. The zero-order valence-electron chi connectivity index (χ0n) is 20.5. The molecule has 9 nitrogen and oxygen atoms in total. The van der Waals surface area contributed by atoms with Crippen LogP contribution in [0, 0.1) is 11.3 Å². The Bertz CT molecular complexity index is 1630. The van der Waals surface area contributed by atoms with Crippen molar-refractivity contribution >= 4 is 33.0 Å². The molecule has 2 heterocycles. The van der Waals surface area contributed by atoms with Crippen molar-refractivity contribution < 1.29 is 0 Å². The molecular weight excluding hydrogens is 534 g/mol. The van der Waals surface area contributed by atoms with E-state index >= 15 is 0 Å². The van der Waals surface area contributed by atoms with Crippen molar-refractivity contribution in [3.05, 3.63) is 90.5 Å². The summed E-state index contributed by atoms with van der Waals surface area (Å²) >= 11 is 3.61. The second-order valence-corrected chi connectivity index (χ2v) is 10.3. The zero-order valence-corrected chi connectivity index (χ0v) is 22.1. The first kappa shape index (κ1) is 25.0. The van der Waals surface area contributed by atoms with Crippen LogP contribution in [0.1, 0.15) is 42.4 Å². The Kier molecular flexibility index (Phi) is 7.00. The summed E-state index contributed by atoms with van der Waals surface area (Å²) < 4.78 is 5.32. The first-order chi connectivity index (χ1) is 17.9. The van der Waals surface area contributed by atoms with Gasteiger partial charge in [-0.15, -0.1) is 0 Å². The van der Waals surface area contributed by atoms with Crippen molar-refractivity contribution in [1.82, 2.24) is 18.7 Å². The van der Waals surface area contributed by atoms with E-state index in [0.717, 1.165) is 35.7 Å². The minimum absolute atomic E-state index is 0.0122. The van der Waals surface area contributed by atoms with Crippen LogP contribution in [0.4, 0.5) is 5.95 Å². The summed E-state index contributed by atoms with van der Waals surface area (Å²) in [4.78, 5) is 32.0. The van der Waals surface area contributed by atoms with Crippen LogP contribution in [0.2, 0.25) is 0 Å². The minimum Gasteiger partial charge on any atom is -0.351 e. The molecule has 190 valence electrons. The number of hydrogen-bond donors (Lipinski definition) is 2. The fourth-order valence-electron chi connectivity index (χ4n) is 5.01. The predicted molar refractivity (Wildman–Crippen MR) is 147 cm³/mol. The zero-order chi connectivity index (χ0) is 26.1. The molecule has 0 aliphatic heterocycles. The molecule has 4 aromatic rings. The van der Waals surface area contributed by atoms with E-state index in [9.17, 15) is 14.9 Å². The van der Waals surface area contributed by atoms with Gasteiger partial charge in [-0.3, -0.25) is 18.5 Å². The van der Waals surface area contributed by atoms with Gasteiger partial charge < -0.3 is 11.1 Å². The number of hydrogen-bond acceptors (Lipinski definition) is 6. The molecule has 2 aromatic heterocycles. The molecule has 2 atom stereocenters. The lowest BCUT2D eigenvalue weighted by atomic mass is 9.91. The molecule has 0 saturated heterocycles. The van der Waals surface area contributed by atoms with Gasteiger partial charge in [0.05, 0.1) is 24.7 Å². The van der Waals surface area contributed by atoms with Crippen LogP contribution in [0.5, 0.6) is 0 Å². The molecule has 1 saturated carbocycles. The monoisotopic (exact) mass is 561 g/mol. The number of aryl methyl sites for hydroxylation is 1. The van der Waals surface area contributed by atoms with Crippen LogP contribution < -0.4 is 22.3 Å². The van der Waals surface area contributed by atoms with Crippen LogP contribution >= 0.6 is 15.9 Å². The van der Waals surface area contributed by atoms with Crippen LogP contribution in [-0.2, 0) is 20.1 Å². The van der Waals surface area contributed by atoms with Crippen molar-refractivity contribution in [2.45, 2.75) is 50.9 Å². The van der Waals surface area contributed by atoms with Gasteiger partial charge in [0.15, 0.2) is 11.2 Å². The SMILES string of the molecule is Cn1c(=O)n(Cc2ccccc2C#N)c(=O)c2c1nc(N[C@H]1CCCC[C@H]1N)n2Cc1ccccc1Br. The third-order valence-electron chi connectivity index (χ3n) is 7.12. The molecule has 0 unspecified atom stereocenters. The molecule has 3 N–H and O–H groups in total. The molecular formula is C27H28BrN7O2. The molecule has 0 radical (unpaired) electrons. The first-order valence-electron chi connectivity index (χ1n) is 12.3. The molecule has 10 heteroatoms. The summed E-state index contributed by atoms with van der Waals surface area (Å²) in [6.45, 7) is 0.353. The highest BCUT2D eigenvalue weighted by Crippen LogP contribution is 2.26. The topological polar surface area (TPSA) is 124 Å². The van der Waals surface area contributed by atoms with E-state index in [1.807, 2.05) is 28.8 Å². The van der Waals surface area contributed by atoms with Crippen molar-refractivity contribution in [1.29, 1.82) is 5.26 Å². The largest absolute Gasteiger partial charge is 0.351 e. The fourth-order valence-corrected chi connectivity index (χ4v) is 5.42. The Morgan fingerprint density at radius 1 is 1.05 bits per heavy atom. The maximum absolute atomic E-state index is 13.9. The average molecular weight is 562 g/mol. The third-order valence-corrected chi connectivity index (χ3v) is 7.89. The molecule has 0 bridgehead atoms. The third kappa shape index (κ3) is 4.72. The number of nitrogens with zero attached hydrogens (tertiary/aromatic N) is 5. The number of aromatic nitrogens is 4. The van der Waals surface area contributed by atoms with E-state index < -0.39 is 11.2 Å². The van der Waals surface area contributed by atoms with Gasteiger partial charge in [-0.25, -0.2) is 4.79 Å². The maximum Gasteiger partial charge on any atom is 0.332 e. The summed E-state index contributed by atoms with van der Waals surface area (Å²) in [5.41, 5.74) is 8.09. The van der Waals surface area contributed by atoms with E-state index in [1.165, 1.54) is 9.13 Å². The van der Waals surface area contributed by atoms with Gasteiger partial charge in [0.1, 0.15) is 0 Å². The number of anilines is 1. The number of halogens is 1. The Morgan fingerprint density at radius 3 is 2.46 bits per heavy atom. The number of rotatable bonds is 6. The van der Waals surface area contributed by atoms with Gasteiger partial charge in [-0.05, 0) is 36.1 Å². The molecule has 37 heavy (non-hydrogen) atoms. The van der Waals surface area contributed by atoms with Crippen molar-refractivity contribution in [3.63, 3.8) is 0 Å². The van der Waals surface area contributed by atoms with Gasteiger partial charge in [0, 0.05) is 23.6 Å². The number of imidazole rings is 1. The first-order valence-corrected chi connectivity index (χ1v) is 13.1. The molecule has 1 aliphatic carbocycles. The molecule has 1 fully saturated rings. The van der Waals surface area contributed by atoms with Crippen LogP contribution in [0.25, 0.3) is 11.2 Å². The normalized spacial score (nSPS) is 17.6.